The van der Waals surface area contributed by atoms with Gasteiger partial charge in [-0.2, -0.15) is 0 Å². The van der Waals surface area contributed by atoms with Crippen LogP contribution in [-0.2, 0) is 4.74 Å². The zero-order chi connectivity index (χ0) is 15.4. The van der Waals surface area contributed by atoms with Gasteiger partial charge in [-0.3, -0.25) is 0 Å². The quantitative estimate of drug-likeness (QED) is 0.815. The molecule has 1 aromatic heterocycles. The van der Waals surface area contributed by atoms with Gasteiger partial charge in [-0.05, 0) is 40.2 Å². The number of hydrogen-bond donors (Lipinski definition) is 2. The van der Waals surface area contributed by atoms with E-state index in [-0.39, 0.29) is 11.4 Å². The molecular weight excluding hydrogens is 342 g/mol. The third kappa shape index (κ3) is 3.54. The Hall–Kier alpha value is -2.48. The number of carboxylic acids is 1. The topological polar surface area (TPSA) is 101 Å². The number of halogens is 1. The molecule has 2 rings (SSSR count). The molecule has 0 saturated carbocycles. The minimum atomic E-state index is -1.05. The van der Waals surface area contributed by atoms with Crippen LogP contribution < -0.4 is 5.32 Å². The minimum absolute atomic E-state index is 0.0851. The number of aromatic carboxylic acids is 1. The summed E-state index contributed by atoms with van der Waals surface area (Å²) in [5, 5.41) is 12.0. The Morgan fingerprint density at radius 1 is 1.33 bits per heavy atom. The zero-order valence-corrected chi connectivity index (χ0v) is 12.4. The highest BCUT2D eigenvalue weighted by atomic mass is 79.9. The lowest BCUT2D eigenvalue weighted by Crippen LogP contribution is -2.08. The second-order valence-corrected chi connectivity index (χ2v) is 4.74. The van der Waals surface area contributed by atoms with Gasteiger partial charge in [0.25, 0.3) is 0 Å². The van der Waals surface area contributed by atoms with Crippen molar-refractivity contribution in [2.24, 2.45) is 0 Å². The van der Waals surface area contributed by atoms with Gasteiger partial charge in [0.15, 0.2) is 0 Å². The van der Waals surface area contributed by atoms with E-state index in [4.69, 9.17) is 5.11 Å². The van der Waals surface area contributed by atoms with Crippen molar-refractivity contribution in [1.82, 2.24) is 9.97 Å². The van der Waals surface area contributed by atoms with Crippen LogP contribution in [0.1, 0.15) is 21.0 Å². The number of rotatable bonds is 4. The maximum Gasteiger partial charge on any atom is 0.376 e. The number of methoxy groups -OCH3 is 1. The molecule has 2 N–H and O–H groups in total. The zero-order valence-electron chi connectivity index (χ0n) is 10.8. The molecule has 7 nitrogen and oxygen atoms in total. The molecule has 0 aliphatic heterocycles. The summed E-state index contributed by atoms with van der Waals surface area (Å²) >= 11 is 3.16. The highest BCUT2D eigenvalue weighted by molar-refractivity contribution is 9.10. The second kappa shape index (κ2) is 6.31. The van der Waals surface area contributed by atoms with Crippen LogP contribution in [0.15, 0.2) is 34.9 Å². The van der Waals surface area contributed by atoms with Crippen LogP contribution >= 0.6 is 15.9 Å². The Morgan fingerprint density at radius 2 is 2.10 bits per heavy atom. The van der Waals surface area contributed by atoms with Gasteiger partial charge in [-0.15, -0.1) is 0 Å². The number of benzene rings is 1. The number of carbonyl (C=O) groups excluding carboxylic acids is 1. The van der Waals surface area contributed by atoms with E-state index in [1.54, 1.807) is 18.2 Å². The van der Waals surface area contributed by atoms with Crippen LogP contribution in [0.3, 0.4) is 0 Å². The van der Waals surface area contributed by atoms with Crippen LogP contribution in [0.5, 0.6) is 0 Å². The Kier molecular flexibility index (Phi) is 4.49. The number of carbonyl (C=O) groups is 2. The lowest BCUT2D eigenvalue weighted by molar-refractivity contribution is 0.0586. The minimum Gasteiger partial charge on any atom is -0.478 e. The summed E-state index contributed by atoms with van der Waals surface area (Å²) in [6.07, 6.45) is 1.40. The maximum atomic E-state index is 11.3. The fraction of sp³-hybridized carbons (Fsp3) is 0.0769. The molecule has 1 heterocycles. The molecule has 0 aliphatic carbocycles. The highest BCUT2D eigenvalue weighted by Crippen LogP contribution is 2.23. The van der Waals surface area contributed by atoms with Crippen molar-refractivity contribution < 1.29 is 19.4 Å². The number of hydrogen-bond acceptors (Lipinski definition) is 6. The van der Waals surface area contributed by atoms with Gasteiger partial charge in [0.05, 0.1) is 12.7 Å². The van der Waals surface area contributed by atoms with Gasteiger partial charge in [0.2, 0.25) is 5.82 Å². The maximum absolute atomic E-state index is 11.3. The van der Waals surface area contributed by atoms with Crippen LogP contribution in [-0.4, -0.2) is 34.1 Å². The van der Waals surface area contributed by atoms with E-state index in [0.717, 1.165) is 0 Å². The molecule has 0 spiro atoms. The summed E-state index contributed by atoms with van der Waals surface area (Å²) in [5.41, 5.74) is 0.632. The van der Waals surface area contributed by atoms with Gasteiger partial charge < -0.3 is 15.2 Å². The average Bonchev–Trinajstić information content (AvgIpc) is 2.48. The molecule has 0 aliphatic rings. The predicted molar refractivity (Wildman–Crippen MR) is 77.8 cm³/mol. The monoisotopic (exact) mass is 351 g/mol. The molecule has 0 radical (unpaired) electrons. The predicted octanol–water partition coefficient (Wildman–Crippen LogP) is 2.47. The van der Waals surface area contributed by atoms with Crippen molar-refractivity contribution in [3.63, 3.8) is 0 Å². The third-order valence-corrected chi connectivity index (χ3v) is 3.18. The van der Waals surface area contributed by atoms with Crippen LogP contribution in [0.25, 0.3) is 0 Å². The van der Waals surface area contributed by atoms with Gasteiger partial charge in [0, 0.05) is 16.4 Å². The van der Waals surface area contributed by atoms with E-state index < -0.39 is 11.9 Å². The van der Waals surface area contributed by atoms with Crippen LogP contribution in [0, 0.1) is 0 Å². The number of nitrogens with zero attached hydrogens (tertiary/aromatic N) is 2. The molecule has 0 fully saturated rings. The second-order valence-electron chi connectivity index (χ2n) is 3.88. The lowest BCUT2D eigenvalue weighted by atomic mass is 10.2. The number of carboxylic acid groups (broad SMARTS) is 1. The molecule has 1 aromatic carbocycles. The van der Waals surface area contributed by atoms with Crippen molar-refractivity contribution in [3.05, 3.63) is 46.3 Å². The van der Waals surface area contributed by atoms with E-state index in [0.29, 0.717) is 16.0 Å². The van der Waals surface area contributed by atoms with Crippen LogP contribution in [0.4, 0.5) is 11.5 Å². The average molecular weight is 352 g/mol. The highest BCUT2D eigenvalue weighted by Gasteiger charge is 2.11. The van der Waals surface area contributed by atoms with Gasteiger partial charge in [-0.1, -0.05) is 0 Å². The first-order valence-electron chi connectivity index (χ1n) is 5.72. The fourth-order valence-electron chi connectivity index (χ4n) is 1.53. The summed E-state index contributed by atoms with van der Waals surface area (Å²) in [6.45, 7) is 0. The SMILES string of the molecule is COC(=O)c1nccc(Nc2ccc(Br)c(C(=O)O)c2)n1. The number of aromatic nitrogens is 2. The summed E-state index contributed by atoms with van der Waals surface area (Å²) in [6, 6.07) is 6.28. The van der Waals surface area contributed by atoms with E-state index in [2.05, 4.69) is 36.0 Å². The van der Waals surface area contributed by atoms with E-state index in [1.807, 2.05) is 0 Å². The summed E-state index contributed by atoms with van der Waals surface area (Å²) in [5.74, 6) is -1.44. The lowest BCUT2D eigenvalue weighted by Gasteiger charge is -2.08. The Morgan fingerprint density at radius 3 is 2.76 bits per heavy atom. The van der Waals surface area contributed by atoms with E-state index >= 15 is 0 Å². The van der Waals surface area contributed by atoms with Crippen molar-refractivity contribution in [3.8, 4) is 0 Å². The third-order valence-electron chi connectivity index (χ3n) is 2.49. The number of nitrogens with one attached hydrogen (secondary N) is 1. The summed E-state index contributed by atoms with van der Waals surface area (Å²) in [4.78, 5) is 30.2. The number of ether oxygens (including phenoxy) is 1. The Balaban J connectivity index is 2.28. The van der Waals surface area contributed by atoms with Crippen LogP contribution in [0.2, 0.25) is 0 Å². The smallest absolute Gasteiger partial charge is 0.376 e. The first-order chi connectivity index (χ1) is 10.0. The summed E-state index contributed by atoms with van der Waals surface area (Å²) < 4.78 is 5.00. The normalized spacial score (nSPS) is 10.0. The molecule has 21 heavy (non-hydrogen) atoms. The van der Waals surface area contributed by atoms with Gasteiger partial charge >= 0.3 is 11.9 Å². The standard InChI is InChI=1S/C13H10BrN3O4/c1-21-13(20)11-15-5-4-10(17-11)16-7-2-3-9(14)8(6-7)12(18)19/h2-6H,1H3,(H,18,19)(H,15,16,17). The van der Waals surface area contributed by atoms with Crippen molar-refractivity contribution in [2.45, 2.75) is 0 Å². The van der Waals surface area contributed by atoms with Crippen molar-refractivity contribution in [1.29, 1.82) is 0 Å². The first kappa shape index (κ1) is 14.9. The fourth-order valence-corrected chi connectivity index (χ4v) is 1.95. The summed E-state index contributed by atoms with van der Waals surface area (Å²) in [7, 11) is 1.24. The molecule has 0 amide bonds. The molecule has 2 aromatic rings. The molecule has 8 heteroatoms. The molecule has 0 bridgehead atoms. The molecular formula is C13H10BrN3O4. The Labute approximate surface area is 128 Å². The first-order valence-corrected chi connectivity index (χ1v) is 6.52. The van der Waals surface area contributed by atoms with Crippen molar-refractivity contribution in [2.75, 3.05) is 12.4 Å². The molecule has 0 saturated heterocycles. The number of anilines is 2. The van der Waals surface area contributed by atoms with E-state index in [9.17, 15) is 9.59 Å². The molecule has 0 unspecified atom stereocenters. The van der Waals surface area contributed by atoms with Gasteiger partial charge in [-0.25, -0.2) is 19.6 Å². The Bertz CT molecular complexity index is 706. The van der Waals surface area contributed by atoms with E-state index in [1.165, 1.54) is 19.4 Å². The van der Waals surface area contributed by atoms with Crippen molar-refractivity contribution >= 4 is 39.4 Å². The molecule has 108 valence electrons. The molecule has 0 atom stereocenters. The number of esters is 1. The van der Waals surface area contributed by atoms with Gasteiger partial charge in [0.1, 0.15) is 5.82 Å². The largest absolute Gasteiger partial charge is 0.478 e.